The second kappa shape index (κ2) is 24.2. The van der Waals surface area contributed by atoms with E-state index in [1.54, 1.807) is 0 Å². The Morgan fingerprint density at radius 3 is 1.68 bits per heavy atom. The van der Waals surface area contributed by atoms with Crippen LogP contribution in [0.3, 0.4) is 0 Å². The van der Waals surface area contributed by atoms with Gasteiger partial charge in [0.25, 0.3) is 0 Å². The first-order chi connectivity index (χ1) is 21.3. The summed E-state index contributed by atoms with van der Waals surface area (Å²) >= 11 is 0. The molecule has 7 atom stereocenters. The van der Waals surface area contributed by atoms with Crippen molar-refractivity contribution in [3.8, 4) is 0 Å². The Hall–Kier alpha value is -0.990. The van der Waals surface area contributed by atoms with Crippen molar-refractivity contribution < 1.29 is 34.7 Å². The molecule has 0 aromatic carbocycles. The van der Waals surface area contributed by atoms with Crippen molar-refractivity contribution >= 4 is 5.97 Å². The minimum Gasteiger partial charge on any atom is -0.455 e. The molecule has 4 N–H and O–H groups in total. The van der Waals surface area contributed by atoms with E-state index in [-0.39, 0.29) is 30.4 Å². The van der Waals surface area contributed by atoms with Crippen molar-refractivity contribution in [3.05, 3.63) is 11.6 Å². The largest absolute Gasteiger partial charge is 0.455 e. The number of ether oxygens (including phenoxy) is 2. The third-order valence-corrected chi connectivity index (χ3v) is 9.61. The molecule has 0 aromatic heterocycles. The van der Waals surface area contributed by atoms with Gasteiger partial charge in [0, 0.05) is 12.0 Å². The van der Waals surface area contributed by atoms with E-state index < -0.39 is 18.3 Å². The summed E-state index contributed by atoms with van der Waals surface area (Å²) in [6.45, 7) is 4.13. The van der Waals surface area contributed by atoms with E-state index in [1.807, 2.05) is 13.0 Å². The summed E-state index contributed by atoms with van der Waals surface area (Å²) in [4.78, 5) is 11.6. The van der Waals surface area contributed by atoms with Crippen LogP contribution in [0.2, 0.25) is 0 Å². The van der Waals surface area contributed by atoms with Gasteiger partial charge in [-0.2, -0.15) is 0 Å². The molecule has 0 spiro atoms. The third kappa shape index (κ3) is 17.6. The molecule has 44 heavy (non-hydrogen) atoms. The highest BCUT2D eigenvalue weighted by atomic mass is 16.5. The summed E-state index contributed by atoms with van der Waals surface area (Å²) < 4.78 is 11.1. The summed E-state index contributed by atoms with van der Waals surface area (Å²) in [6.07, 6.45) is 24.6. The van der Waals surface area contributed by atoms with E-state index in [4.69, 9.17) is 9.47 Å². The number of rotatable bonds is 28. The Kier molecular flexibility index (Phi) is 21.6. The van der Waals surface area contributed by atoms with Gasteiger partial charge in [-0.3, -0.25) is 0 Å². The van der Waals surface area contributed by atoms with Crippen molar-refractivity contribution in [1.29, 1.82) is 0 Å². The number of aliphatic hydroxyl groups excluding tert-OH is 4. The fourth-order valence-electron chi connectivity index (χ4n) is 6.78. The second-order valence-corrected chi connectivity index (χ2v) is 13.8. The van der Waals surface area contributed by atoms with Gasteiger partial charge in [0.15, 0.2) is 0 Å². The SMILES string of the molecule is CCCCCCCCCCC(O)C1CCC(C(O)CC(O)CCCCCCC(O)CCCCCCCC2=CC(C)OC2=O)O1. The first kappa shape index (κ1) is 39.2. The van der Waals surface area contributed by atoms with Crippen LogP contribution in [0.15, 0.2) is 11.6 Å². The third-order valence-electron chi connectivity index (χ3n) is 9.61. The van der Waals surface area contributed by atoms with Gasteiger partial charge in [-0.15, -0.1) is 0 Å². The van der Waals surface area contributed by atoms with Gasteiger partial charge in [-0.05, 0) is 64.4 Å². The highest BCUT2D eigenvalue weighted by Crippen LogP contribution is 2.28. The van der Waals surface area contributed by atoms with Gasteiger partial charge in [0.2, 0.25) is 0 Å². The molecule has 1 saturated heterocycles. The quantitative estimate of drug-likeness (QED) is 0.0518. The Morgan fingerprint density at radius 1 is 0.659 bits per heavy atom. The molecule has 258 valence electrons. The van der Waals surface area contributed by atoms with Gasteiger partial charge in [0.1, 0.15) is 6.10 Å². The first-order valence-electron chi connectivity index (χ1n) is 18.6. The maximum atomic E-state index is 11.6. The van der Waals surface area contributed by atoms with Crippen LogP contribution in [0.1, 0.15) is 174 Å². The van der Waals surface area contributed by atoms with Crippen molar-refractivity contribution in [1.82, 2.24) is 0 Å². The maximum Gasteiger partial charge on any atom is 0.334 e. The molecule has 7 heteroatoms. The van der Waals surface area contributed by atoms with E-state index in [0.29, 0.717) is 12.8 Å². The van der Waals surface area contributed by atoms with Crippen LogP contribution in [0.5, 0.6) is 0 Å². The lowest BCUT2D eigenvalue weighted by atomic mass is 9.98. The van der Waals surface area contributed by atoms with Crippen LogP contribution in [-0.4, -0.2) is 69.1 Å². The summed E-state index contributed by atoms with van der Waals surface area (Å²) in [5.74, 6) is -0.153. The average Bonchev–Trinajstić information content (AvgIpc) is 3.62. The highest BCUT2D eigenvalue weighted by molar-refractivity contribution is 5.90. The van der Waals surface area contributed by atoms with E-state index >= 15 is 0 Å². The van der Waals surface area contributed by atoms with Gasteiger partial charge < -0.3 is 29.9 Å². The monoisotopic (exact) mass is 624 g/mol. The minimum atomic E-state index is -0.687. The summed E-state index contributed by atoms with van der Waals surface area (Å²) in [6, 6.07) is 0. The van der Waals surface area contributed by atoms with Crippen molar-refractivity contribution in [2.24, 2.45) is 0 Å². The number of esters is 1. The minimum absolute atomic E-state index is 0.0777. The fourth-order valence-corrected chi connectivity index (χ4v) is 6.78. The number of carbonyl (C=O) groups is 1. The van der Waals surface area contributed by atoms with Crippen LogP contribution in [-0.2, 0) is 14.3 Å². The number of hydrogen-bond donors (Lipinski definition) is 4. The first-order valence-corrected chi connectivity index (χ1v) is 18.6. The molecule has 7 nitrogen and oxygen atoms in total. The number of carbonyl (C=O) groups excluding carboxylic acids is 1. The van der Waals surface area contributed by atoms with Gasteiger partial charge >= 0.3 is 5.97 Å². The number of cyclic esters (lactones) is 1. The van der Waals surface area contributed by atoms with E-state index in [9.17, 15) is 25.2 Å². The fraction of sp³-hybridized carbons (Fsp3) is 0.919. The van der Waals surface area contributed by atoms with Gasteiger partial charge in [-0.1, -0.05) is 110 Å². The topological polar surface area (TPSA) is 116 Å². The molecule has 2 heterocycles. The zero-order valence-corrected chi connectivity index (χ0v) is 28.3. The molecule has 0 bridgehead atoms. The van der Waals surface area contributed by atoms with Crippen LogP contribution in [0.25, 0.3) is 0 Å². The predicted molar refractivity (Wildman–Crippen MR) is 177 cm³/mol. The second-order valence-electron chi connectivity index (χ2n) is 13.8. The standard InChI is InChI=1S/C37H68O7/c1-3-4-5-6-7-8-12-19-24-33(40)35-25-26-36(44-35)34(41)28-32(39)23-18-14-13-17-22-31(38)21-16-11-9-10-15-20-30-27-29(2)43-37(30)42/h27,29,31-36,38-41H,3-26,28H2,1-2H3. The molecule has 0 aromatic rings. The van der Waals surface area contributed by atoms with Gasteiger partial charge in [0.05, 0.1) is 36.6 Å². The number of aliphatic hydroxyl groups is 4. The van der Waals surface area contributed by atoms with Crippen LogP contribution in [0, 0.1) is 0 Å². The predicted octanol–water partition coefficient (Wildman–Crippen LogP) is 7.84. The van der Waals surface area contributed by atoms with Crippen LogP contribution < -0.4 is 0 Å². The summed E-state index contributed by atoms with van der Waals surface area (Å²) in [5, 5.41) is 42.0. The van der Waals surface area contributed by atoms with Crippen molar-refractivity contribution in [3.63, 3.8) is 0 Å². The molecule has 2 rings (SSSR count). The number of unbranched alkanes of at least 4 members (excludes halogenated alkanes) is 14. The molecular weight excluding hydrogens is 556 g/mol. The molecule has 2 aliphatic heterocycles. The Labute approximate surface area is 269 Å². The lowest BCUT2D eigenvalue weighted by molar-refractivity contribution is -0.139. The molecule has 0 saturated carbocycles. The van der Waals surface area contributed by atoms with E-state index in [2.05, 4.69) is 6.92 Å². The Bertz CT molecular complexity index is 756. The molecule has 0 aliphatic carbocycles. The summed E-state index contributed by atoms with van der Waals surface area (Å²) in [7, 11) is 0. The molecule has 1 fully saturated rings. The number of hydrogen-bond acceptors (Lipinski definition) is 7. The zero-order valence-electron chi connectivity index (χ0n) is 28.3. The molecule has 2 aliphatic rings. The van der Waals surface area contributed by atoms with Crippen molar-refractivity contribution in [2.45, 2.75) is 217 Å². The lowest BCUT2D eigenvalue weighted by Gasteiger charge is -2.23. The smallest absolute Gasteiger partial charge is 0.334 e. The Balaban J connectivity index is 1.39. The van der Waals surface area contributed by atoms with Crippen LogP contribution >= 0.6 is 0 Å². The highest BCUT2D eigenvalue weighted by Gasteiger charge is 2.35. The lowest BCUT2D eigenvalue weighted by Crippen LogP contribution is -2.33. The summed E-state index contributed by atoms with van der Waals surface area (Å²) in [5.41, 5.74) is 0.827. The molecular formula is C37H68O7. The molecule has 0 radical (unpaired) electrons. The van der Waals surface area contributed by atoms with Crippen LogP contribution in [0.4, 0.5) is 0 Å². The molecule has 7 unspecified atom stereocenters. The van der Waals surface area contributed by atoms with Gasteiger partial charge in [-0.25, -0.2) is 4.79 Å². The molecule has 0 amide bonds. The zero-order chi connectivity index (χ0) is 32.0. The average molecular weight is 625 g/mol. The Morgan fingerprint density at radius 2 is 1.14 bits per heavy atom. The van der Waals surface area contributed by atoms with E-state index in [1.165, 1.54) is 38.5 Å². The maximum absolute atomic E-state index is 11.6. The van der Waals surface area contributed by atoms with E-state index in [0.717, 1.165) is 115 Å². The normalized spacial score (nSPS) is 23.0. The van der Waals surface area contributed by atoms with Crippen molar-refractivity contribution in [2.75, 3.05) is 0 Å².